The van der Waals surface area contributed by atoms with Crippen molar-refractivity contribution in [1.29, 1.82) is 0 Å². The zero-order valence-corrected chi connectivity index (χ0v) is 21.9. The van der Waals surface area contributed by atoms with Gasteiger partial charge in [-0.05, 0) is 63.4 Å². The molecule has 0 fully saturated rings. The number of methoxy groups -OCH3 is 1. The van der Waals surface area contributed by atoms with Crippen molar-refractivity contribution in [3.63, 3.8) is 0 Å². The highest BCUT2D eigenvalue weighted by atomic mass is 16.7. The van der Waals surface area contributed by atoms with Crippen LogP contribution in [0, 0.1) is 5.92 Å². The van der Waals surface area contributed by atoms with Gasteiger partial charge in [0.1, 0.15) is 11.5 Å². The average molecular weight is 517 g/mol. The van der Waals surface area contributed by atoms with E-state index in [1.54, 1.807) is 26.2 Å². The largest absolute Gasteiger partial charge is 0.508 e. The first-order valence-corrected chi connectivity index (χ1v) is 12.4. The third-order valence-electron chi connectivity index (χ3n) is 5.38. The number of phenolic OH excluding ortho intramolecular Hbond substituents is 1. The summed E-state index contributed by atoms with van der Waals surface area (Å²) in [5, 5.41) is 34.2. The molecule has 0 heterocycles. The molecular weight excluding hydrogens is 472 g/mol. The number of aliphatic hydroxyl groups is 2. The maximum Gasteiger partial charge on any atom is 0.257 e. The van der Waals surface area contributed by atoms with Crippen LogP contribution < -0.4 is 15.4 Å². The Morgan fingerprint density at radius 2 is 1.81 bits per heavy atom. The molecule has 0 saturated heterocycles. The molecule has 0 aliphatic heterocycles. The molecule has 1 amide bonds. The van der Waals surface area contributed by atoms with E-state index in [0.717, 1.165) is 12.8 Å². The third-order valence-corrected chi connectivity index (χ3v) is 5.38. The summed E-state index contributed by atoms with van der Waals surface area (Å²) < 4.78 is 27.3. The van der Waals surface area contributed by atoms with Gasteiger partial charge in [0.15, 0.2) is 6.61 Å². The van der Waals surface area contributed by atoms with Crippen LogP contribution in [0.15, 0.2) is 24.3 Å². The number of carbonyl (C=O) groups excluding carboxylic acids is 1. The van der Waals surface area contributed by atoms with Crippen LogP contribution in [0.5, 0.6) is 11.5 Å². The summed E-state index contributed by atoms with van der Waals surface area (Å²) in [6, 6.07) is 6.21. The van der Waals surface area contributed by atoms with Gasteiger partial charge in [-0.15, -0.1) is 0 Å². The van der Waals surface area contributed by atoms with Gasteiger partial charge < -0.3 is 49.6 Å². The predicted octanol–water partition coefficient (Wildman–Crippen LogP) is 1.00. The van der Waals surface area contributed by atoms with Gasteiger partial charge in [-0.25, -0.2) is 0 Å². The van der Waals surface area contributed by atoms with Crippen LogP contribution in [0.2, 0.25) is 0 Å². The third kappa shape index (κ3) is 14.5. The van der Waals surface area contributed by atoms with Crippen LogP contribution in [0.4, 0.5) is 0 Å². The lowest BCUT2D eigenvalue weighted by Gasteiger charge is -2.29. The Kier molecular flexibility index (Phi) is 17.1. The molecule has 0 saturated carbocycles. The highest BCUT2D eigenvalue weighted by Crippen LogP contribution is 2.15. The molecule has 5 N–H and O–H groups in total. The van der Waals surface area contributed by atoms with Gasteiger partial charge in [0.25, 0.3) is 5.91 Å². The molecule has 1 rings (SSSR count). The number of rotatable bonds is 21. The first kappa shape index (κ1) is 32.0. The van der Waals surface area contributed by atoms with E-state index in [-0.39, 0.29) is 30.3 Å². The summed E-state index contributed by atoms with van der Waals surface area (Å²) in [5.74, 6) is 0.724. The summed E-state index contributed by atoms with van der Waals surface area (Å²) in [7, 11) is 1.57. The highest BCUT2D eigenvalue weighted by Gasteiger charge is 2.26. The Hall–Kier alpha value is -1.99. The van der Waals surface area contributed by atoms with Crippen LogP contribution in [0.25, 0.3) is 0 Å². The number of nitrogens with one attached hydrogen (secondary N) is 2. The number of ether oxygens (including phenoxy) is 5. The van der Waals surface area contributed by atoms with Gasteiger partial charge in [-0.3, -0.25) is 4.79 Å². The second-order valence-corrected chi connectivity index (χ2v) is 8.50. The zero-order valence-electron chi connectivity index (χ0n) is 21.9. The summed E-state index contributed by atoms with van der Waals surface area (Å²) in [6.45, 7) is 8.72. The Morgan fingerprint density at radius 1 is 1.08 bits per heavy atom. The average Bonchev–Trinajstić information content (AvgIpc) is 2.86. The quantitative estimate of drug-likeness (QED) is 0.118. The molecule has 0 aliphatic carbocycles. The minimum atomic E-state index is -1.74. The normalized spacial score (nSPS) is 14.9. The van der Waals surface area contributed by atoms with Crippen molar-refractivity contribution < 1.29 is 43.8 Å². The topological polar surface area (TPSA) is 148 Å². The molecule has 208 valence electrons. The summed E-state index contributed by atoms with van der Waals surface area (Å²) >= 11 is 0. The molecule has 36 heavy (non-hydrogen) atoms. The first-order chi connectivity index (χ1) is 17.3. The van der Waals surface area contributed by atoms with E-state index < -0.39 is 18.7 Å². The van der Waals surface area contributed by atoms with Gasteiger partial charge in [-0.2, -0.15) is 0 Å². The fourth-order valence-electron chi connectivity index (χ4n) is 3.07. The summed E-state index contributed by atoms with van der Waals surface area (Å²) in [5.41, 5.74) is 0. The predicted molar refractivity (Wildman–Crippen MR) is 134 cm³/mol. The molecule has 4 atom stereocenters. The summed E-state index contributed by atoms with van der Waals surface area (Å²) in [6.07, 6.45) is -1.95. The molecule has 11 heteroatoms. The molecule has 0 radical (unpaired) electrons. The molecule has 0 aliphatic rings. The van der Waals surface area contributed by atoms with Crippen LogP contribution in [-0.2, 0) is 23.7 Å². The molecule has 0 spiro atoms. The van der Waals surface area contributed by atoms with E-state index in [0.29, 0.717) is 45.2 Å². The van der Waals surface area contributed by atoms with Crippen molar-refractivity contribution in [2.45, 2.75) is 58.4 Å². The molecule has 0 bridgehead atoms. The Labute approximate surface area is 214 Å². The number of hydrogen-bond donors (Lipinski definition) is 5. The van der Waals surface area contributed by atoms with E-state index in [1.165, 1.54) is 12.1 Å². The fourth-order valence-corrected chi connectivity index (χ4v) is 3.07. The fraction of sp³-hybridized carbons (Fsp3) is 0.720. The number of carbonyl (C=O) groups is 1. The minimum absolute atomic E-state index is 0.0804. The lowest BCUT2D eigenvalue weighted by molar-refractivity contribution is -0.276. The zero-order chi connectivity index (χ0) is 26.8. The van der Waals surface area contributed by atoms with E-state index >= 15 is 0 Å². The lowest BCUT2D eigenvalue weighted by atomic mass is 10.1. The number of amides is 1. The maximum absolute atomic E-state index is 11.9. The van der Waals surface area contributed by atoms with Gasteiger partial charge in [0, 0.05) is 40.0 Å². The van der Waals surface area contributed by atoms with Crippen molar-refractivity contribution in [1.82, 2.24) is 10.6 Å². The molecule has 11 nitrogen and oxygen atoms in total. The molecule has 1 aromatic rings. The van der Waals surface area contributed by atoms with E-state index in [2.05, 4.69) is 10.6 Å². The second kappa shape index (κ2) is 19.2. The van der Waals surface area contributed by atoms with Gasteiger partial charge in [0.2, 0.25) is 12.6 Å². The lowest BCUT2D eigenvalue weighted by Crippen LogP contribution is -2.44. The second-order valence-electron chi connectivity index (χ2n) is 8.50. The monoisotopic (exact) mass is 516 g/mol. The maximum atomic E-state index is 11.9. The number of hydrogen-bond acceptors (Lipinski definition) is 10. The number of aliphatic hydroxyl groups excluding tert-OH is 1. The number of phenols is 1. The van der Waals surface area contributed by atoms with E-state index in [4.69, 9.17) is 23.7 Å². The SMILES string of the molecule is CCOC(OC(CNCCCOCCC(C)CNC(=O)COc1ccc(O)cc1)C(C)OC)C(O)O. The Bertz CT molecular complexity index is 691. The van der Waals surface area contributed by atoms with E-state index in [9.17, 15) is 20.1 Å². The highest BCUT2D eigenvalue weighted by molar-refractivity contribution is 5.77. The van der Waals surface area contributed by atoms with Crippen molar-refractivity contribution in [2.24, 2.45) is 5.92 Å². The van der Waals surface area contributed by atoms with Crippen molar-refractivity contribution >= 4 is 5.91 Å². The van der Waals surface area contributed by atoms with Gasteiger partial charge >= 0.3 is 0 Å². The van der Waals surface area contributed by atoms with Gasteiger partial charge in [-0.1, -0.05) is 6.92 Å². The van der Waals surface area contributed by atoms with Crippen LogP contribution in [0.1, 0.15) is 33.6 Å². The Morgan fingerprint density at radius 3 is 2.44 bits per heavy atom. The smallest absolute Gasteiger partial charge is 0.257 e. The van der Waals surface area contributed by atoms with Crippen molar-refractivity contribution in [3.05, 3.63) is 24.3 Å². The minimum Gasteiger partial charge on any atom is -0.508 e. The molecular formula is C25H44N2O9. The molecule has 0 aromatic heterocycles. The van der Waals surface area contributed by atoms with Crippen molar-refractivity contribution in [2.75, 3.05) is 53.2 Å². The van der Waals surface area contributed by atoms with Crippen molar-refractivity contribution in [3.8, 4) is 11.5 Å². The van der Waals surface area contributed by atoms with E-state index in [1.807, 2.05) is 13.8 Å². The molecule has 4 unspecified atom stereocenters. The molecule has 1 aromatic carbocycles. The number of benzene rings is 1. The Balaban J connectivity index is 2.11. The van der Waals surface area contributed by atoms with Crippen LogP contribution >= 0.6 is 0 Å². The van der Waals surface area contributed by atoms with Crippen LogP contribution in [0.3, 0.4) is 0 Å². The van der Waals surface area contributed by atoms with Crippen LogP contribution in [-0.4, -0.2) is 99.2 Å². The first-order valence-electron chi connectivity index (χ1n) is 12.4. The standard InChI is InChI=1S/C25H44N2O9/c1-5-34-25(24(30)31)36-22(19(3)32-4)16-26-12-6-13-33-14-11-18(2)15-27-23(29)17-35-21-9-7-20(28)8-10-21/h7-10,18-19,22,24-26,28,30-31H,5-6,11-17H2,1-4H3,(H,27,29). The summed E-state index contributed by atoms with van der Waals surface area (Å²) in [4.78, 5) is 11.9. The number of aromatic hydroxyl groups is 1. The van der Waals surface area contributed by atoms with Gasteiger partial charge in [0.05, 0.1) is 12.2 Å².